The third kappa shape index (κ3) is 4.46. The Balaban J connectivity index is 1.58. The summed E-state index contributed by atoms with van der Waals surface area (Å²) in [4.78, 5) is 19.3. The van der Waals surface area contributed by atoms with Crippen LogP contribution in [0.5, 0.6) is 0 Å². The maximum absolute atomic E-state index is 12.9. The summed E-state index contributed by atoms with van der Waals surface area (Å²) in [6, 6.07) is 7.45. The maximum atomic E-state index is 12.9. The van der Waals surface area contributed by atoms with Crippen LogP contribution in [0.3, 0.4) is 0 Å². The Labute approximate surface area is 183 Å². The Morgan fingerprint density at radius 1 is 1.29 bits per heavy atom. The van der Waals surface area contributed by atoms with Gasteiger partial charge in [-0.2, -0.15) is 9.57 Å². The molecule has 31 heavy (non-hydrogen) atoms. The summed E-state index contributed by atoms with van der Waals surface area (Å²) >= 11 is 0. The van der Waals surface area contributed by atoms with Crippen LogP contribution in [0, 0.1) is 11.3 Å². The van der Waals surface area contributed by atoms with Crippen LogP contribution in [0.25, 0.3) is 11.0 Å². The molecule has 1 saturated heterocycles. The van der Waals surface area contributed by atoms with Gasteiger partial charge in [0.25, 0.3) is 0 Å². The van der Waals surface area contributed by atoms with E-state index in [-0.39, 0.29) is 23.4 Å². The Morgan fingerprint density at radius 3 is 2.68 bits per heavy atom. The van der Waals surface area contributed by atoms with Crippen molar-refractivity contribution in [1.82, 2.24) is 18.8 Å². The predicted molar refractivity (Wildman–Crippen MR) is 117 cm³/mol. The van der Waals surface area contributed by atoms with Crippen LogP contribution >= 0.6 is 0 Å². The highest BCUT2D eigenvalue weighted by molar-refractivity contribution is 7.89. The predicted octanol–water partition coefficient (Wildman–Crippen LogP) is 2.68. The molecule has 9 heteroatoms. The van der Waals surface area contributed by atoms with Crippen LogP contribution in [0.2, 0.25) is 0 Å². The molecule has 2 fully saturated rings. The van der Waals surface area contributed by atoms with Crippen molar-refractivity contribution in [2.75, 3.05) is 19.6 Å². The Hall–Kier alpha value is -2.44. The number of fused-ring (bicyclic) bond motifs is 1. The third-order valence-electron chi connectivity index (χ3n) is 6.06. The van der Waals surface area contributed by atoms with Crippen molar-refractivity contribution < 1.29 is 13.2 Å². The molecular weight excluding hydrogens is 414 g/mol. The molecule has 1 aromatic carbocycles. The lowest BCUT2D eigenvalue weighted by Gasteiger charge is -2.18. The smallest absolute Gasteiger partial charge is 0.243 e. The largest absolute Gasteiger partial charge is 0.328 e. The van der Waals surface area contributed by atoms with E-state index in [1.165, 1.54) is 0 Å². The summed E-state index contributed by atoms with van der Waals surface area (Å²) in [5.41, 5.74) is 1.54. The van der Waals surface area contributed by atoms with Crippen LogP contribution in [-0.4, -0.2) is 58.8 Å². The maximum Gasteiger partial charge on any atom is 0.243 e. The average Bonchev–Trinajstić information content (AvgIpc) is 3.31. The molecule has 1 aliphatic carbocycles. The zero-order valence-corrected chi connectivity index (χ0v) is 18.8. The van der Waals surface area contributed by atoms with E-state index in [2.05, 4.69) is 17.6 Å². The van der Waals surface area contributed by atoms with E-state index in [0.717, 1.165) is 50.0 Å². The van der Waals surface area contributed by atoms with Crippen molar-refractivity contribution in [3.63, 3.8) is 0 Å². The molecule has 1 saturated carbocycles. The Bertz CT molecular complexity index is 1110. The molecule has 0 atom stereocenters. The molecule has 0 radical (unpaired) electrons. The van der Waals surface area contributed by atoms with E-state index in [1.54, 1.807) is 21.3 Å². The summed E-state index contributed by atoms with van der Waals surface area (Å²) in [5.74, 6) is 0.769. The molecule has 0 spiro atoms. The first kappa shape index (κ1) is 21.8. The van der Waals surface area contributed by atoms with Crippen LogP contribution in [0.1, 0.15) is 51.3 Å². The van der Waals surface area contributed by atoms with E-state index in [4.69, 9.17) is 10.2 Å². The fourth-order valence-corrected chi connectivity index (χ4v) is 5.84. The van der Waals surface area contributed by atoms with Crippen molar-refractivity contribution in [3.8, 4) is 6.07 Å². The SMILES string of the molecule is CCCn1c(CCC(=O)N(CC#N)C2CC2)nc2cc(S(=O)(=O)N3CCCC3)ccc21. The average molecular weight is 444 g/mol. The molecule has 0 N–H and O–H groups in total. The molecule has 2 aromatic rings. The highest BCUT2D eigenvalue weighted by Crippen LogP contribution is 2.28. The molecule has 0 unspecified atom stereocenters. The molecule has 8 nitrogen and oxygen atoms in total. The van der Waals surface area contributed by atoms with E-state index in [0.29, 0.717) is 31.4 Å². The number of imidazole rings is 1. The zero-order valence-electron chi connectivity index (χ0n) is 18.0. The van der Waals surface area contributed by atoms with Gasteiger partial charge in [-0.1, -0.05) is 6.92 Å². The van der Waals surface area contributed by atoms with Gasteiger partial charge < -0.3 is 9.47 Å². The second-order valence-electron chi connectivity index (χ2n) is 8.35. The number of amides is 1. The molecule has 1 aromatic heterocycles. The molecule has 4 rings (SSSR count). The number of hydrogen-bond donors (Lipinski definition) is 0. The molecular formula is C22H29N5O3S. The van der Waals surface area contributed by atoms with Gasteiger partial charge in [0.05, 0.1) is 22.0 Å². The van der Waals surface area contributed by atoms with Crippen LogP contribution < -0.4 is 0 Å². The molecule has 0 bridgehead atoms. The van der Waals surface area contributed by atoms with Crippen molar-refractivity contribution in [3.05, 3.63) is 24.0 Å². The minimum absolute atomic E-state index is 0.0172. The standard InChI is InChI=1S/C22H29N5O3S/c1-2-12-27-20-8-7-18(31(29,30)25-13-3-4-14-25)16-19(20)24-21(27)9-10-22(28)26(15-11-23)17-5-6-17/h7-8,16-17H,2-6,9-10,12-15H2,1H3. The van der Waals surface area contributed by atoms with E-state index >= 15 is 0 Å². The summed E-state index contributed by atoms with van der Waals surface area (Å²) in [6.07, 6.45) is 5.40. The molecule has 2 aliphatic rings. The second kappa shape index (κ2) is 8.97. The second-order valence-corrected chi connectivity index (χ2v) is 10.3. The highest BCUT2D eigenvalue weighted by Gasteiger charge is 2.32. The van der Waals surface area contributed by atoms with Crippen molar-refractivity contribution in [2.45, 2.75) is 69.4 Å². The van der Waals surface area contributed by atoms with Crippen LogP contribution in [0.4, 0.5) is 0 Å². The quantitative estimate of drug-likeness (QED) is 0.555. The van der Waals surface area contributed by atoms with Crippen LogP contribution in [0.15, 0.2) is 23.1 Å². The number of rotatable bonds is 9. The van der Waals surface area contributed by atoms with Gasteiger partial charge in [-0.25, -0.2) is 13.4 Å². The van der Waals surface area contributed by atoms with Gasteiger partial charge in [0.1, 0.15) is 12.4 Å². The van der Waals surface area contributed by atoms with Gasteiger partial charge in [0.2, 0.25) is 15.9 Å². The fourth-order valence-electron chi connectivity index (χ4n) is 4.31. The first-order chi connectivity index (χ1) is 15.0. The molecule has 166 valence electrons. The lowest BCUT2D eigenvalue weighted by atomic mass is 10.2. The number of aryl methyl sites for hydroxylation is 2. The summed E-state index contributed by atoms with van der Waals surface area (Å²) in [5, 5.41) is 9.01. The highest BCUT2D eigenvalue weighted by atomic mass is 32.2. The summed E-state index contributed by atoms with van der Waals surface area (Å²) < 4.78 is 29.5. The van der Waals surface area contributed by atoms with Gasteiger partial charge in [-0.3, -0.25) is 4.79 Å². The lowest BCUT2D eigenvalue weighted by Crippen LogP contribution is -2.33. The molecule has 1 aliphatic heterocycles. The lowest BCUT2D eigenvalue weighted by molar-refractivity contribution is -0.131. The third-order valence-corrected chi connectivity index (χ3v) is 7.95. The number of carbonyl (C=O) groups is 1. The monoisotopic (exact) mass is 443 g/mol. The van der Waals surface area contributed by atoms with E-state index < -0.39 is 10.0 Å². The number of nitriles is 1. The van der Waals surface area contributed by atoms with Gasteiger partial charge in [0.15, 0.2) is 0 Å². The number of hydrogen-bond acceptors (Lipinski definition) is 5. The molecule has 2 heterocycles. The van der Waals surface area contributed by atoms with Crippen LogP contribution in [-0.2, 0) is 27.8 Å². The summed E-state index contributed by atoms with van der Waals surface area (Å²) in [6.45, 7) is 4.10. The van der Waals surface area contributed by atoms with E-state index in [9.17, 15) is 13.2 Å². The van der Waals surface area contributed by atoms with E-state index in [1.807, 2.05) is 6.07 Å². The Kier molecular flexibility index (Phi) is 6.30. The van der Waals surface area contributed by atoms with Gasteiger partial charge >= 0.3 is 0 Å². The summed E-state index contributed by atoms with van der Waals surface area (Å²) in [7, 11) is -3.50. The number of nitrogens with zero attached hydrogens (tertiary/aromatic N) is 5. The number of aromatic nitrogens is 2. The first-order valence-corrected chi connectivity index (χ1v) is 12.6. The van der Waals surface area contributed by atoms with Gasteiger partial charge in [0, 0.05) is 38.5 Å². The topological polar surface area (TPSA) is 99.3 Å². The number of sulfonamides is 1. The van der Waals surface area contributed by atoms with Gasteiger partial charge in [-0.15, -0.1) is 0 Å². The first-order valence-electron chi connectivity index (χ1n) is 11.1. The fraction of sp³-hybridized carbons (Fsp3) is 0.591. The zero-order chi connectivity index (χ0) is 22.0. The molecule has 1 amide bonds. The Morgan fingerprint density at radius 2 is 2.03 bits per heavy atom. The van der Waals surface area contributed by atoms with Crippen molar-refractivity contribution >= 4 is 27.0 Å². The number of benzene rings is 1. The minimum Gasteiger partial charge on any atom is -0.328 e. The minimum atomic E-state index is -3.50. The van der Waals surface area contributed by atoms with Gasteiger partial charge in [-0.05, 0) is 50.3 Å². The number of carbonyl (C=O) groups excluding carboxylic acids is 1. The normalized spacial score (nSPS) is 17.2. The van der Waals surface area contributed by atoms with Crippen molar-refractivity contribution in [1.29, 1.82) is 5.26 Å². The van der Waals surface area contributed by atoms with Crippen molar-refractivity contribution in [2.24, 2.45) is 0 Å².